The Hall–Kier alpha value is -1.96. The Morgan fingerprint density at radius 2 is 1.78 bits per heavy atom. The minimum atomic E-state index is -3.68. The summed E-state index contributed by atoms with van der Waals surface area (Å²) in [6.45, 7) is 0.610. The van der Waals surface area contributed by atoms with Crippen molar-refractivity contribution in [2.75, 3.05) is 20.6 Å². The van der Waals surface area contributed by atoms with Crippen molar-refractivity contribution in [2.45, 2.75) is 17.1 Å². The number of fused-ring (bicyclic) bond motifs is 1. The summed E-state index contributed by atoms with van der Waals surface area (Å²) in [5.74, 6) is -1.78. The Balaban J connectivity index is 2.08. The first-order valence-corrected chi connectivity index (χ1v) is 10.3. The van der Waals surface area contributed by atoms with Gasteiger partial charge in [0.15, 0.2) is 9.84 Å². The predicted octanol–water partition coefficient (Wildman–Crippen LogP) is 4.18. The number of halogens is 3. The van der Waals surface area contributed by atoms with E-state index >= 15 is 0 Å². The molecule has 1 heterocycles. The number of nitrogens with one attached hydrogen (secondary N) is 1. The lowest BCUT2D eigenvalue weighted by molar-refractivity contribution is 0.414. The smallest absolute Gasteiger partial charge is 0.183 e. The summed E-state index contributed by atoms with van der Waals surface area (Å²) >= 11 is 5.82. The summed E-state index contributed by atoms with van der Waals surface area (Å²) in [7, 11) is 0.0688. The Morgan fingerprint density at radius 1 is 1.11 bits per heavy atom. The summed E-state index contributed by atoms with van der Waals surface area (Å²) in [4.78, 5) is 4.90. The van der Waals surface area contributed by atoms with Gasteiger partial charge in [-0.1, -0.05) is 11.6 Å². The third-order valence-electron chi connectivity index (χ3n) is 4.34. The standard InChI is InChI=1S/C19H19ClF2N2O2S/c1-24(2)8-7-15-16-9-13(21)10-17(22)19(16)23-18(15)11-27(25,26)14-5-3-12(20)4-6-14/h3-6,9-10,23H,7-8,11H2,1-2H3. The molecule has 2 aromatic carbocycles. The molecule has 3 aromatic rings. The van der Waals surface area contributed by atoms with Crippen LogP contribution in [0.25, 0.3) is 10.9 Å². The topological polar surface area (TPSA) is 53.2 Å². The van der Waals surface area contributed by atoms with Crippen LogP contribution in [0.15, 0.2) is 41.3 Å². The summed E-state index contributed by atoms with van der Waals surface area (Å²) in [5, 5.41) is 0.805. The number of hydrogen-bond acceptors (Lipinski definition) is 3. The van der Waals surface area contributed by atoms with Crippen molar-refractivity contribution in [3.05, 3.63) is 64.3 Å². The zero-order chi connectivity index (χ0) is 19.8. The van der Waals surface area contributed by atoms with E-state index in [0.29, 0.717) is 34.6 Å². The SMILES string of the molecule is CN(C)CCc1c(CS(=O)(=O)c2ccc(Cl)cc2)[nH]c2c(F)cc(F)cc12. The molecule has 0 aliphatic rings. The number of aromatic nitrogens is 1. The van der Waals surface area contributed by atoms with E-state index in [4.69, 9.17) is 11.6 Å². The average molecular weight is 413 g/mol. The van der Waals surface area contributed by atoms with Crippen molar-refractivity contribution in [3.63, 3.8) is 0 Å². The van der Waals surface area contributed by atoms with Crippen molar-refractivity contribution in [1.29, 1.82) is 0 Å². The third-order valence-corrected chi connectivity index (χ3v) is 6.25. The summed E-state index contributed by atoms with van der Waals surface area (Å²) in [6, 6.07) is 7.88. The van der Waals surface area contributed by atoms with E-state index in [-0.39, 0.29) is 16.2 Å². The number of H-pyrrole nitrogens is 1. The lowest BCUT2D eigenvalue weighted by atomic mass is 10.1. The largest absolute Gasteiger partial charge is 0.355 e. The van der Waals surface area contributed by atoms with Crippen LogP contribution < -0.4 is 0 Å². The van der Waals surface area contributed by atoms with Crippen LogP contribution in [0.3, 0.4) is 0 Å². The first-order valence-electron chi connectivity index (χ1n) is 8.29. The van der Waals surface area contributed by atoms with Crippen LogP contribution in [0.4, 0.5) is 8.78 Å². The van der Waals surface area contributed by atoms with Gasteiger partial charge in [0.25, 0.3) is 0 Å². The molecule has 0 fully saturated rings. The van der Waals surface area contributed by atoms with E-state index < -0.39 is 21.5 Å². The minimum absolute atomic E-state index is 0.117. The molecular weight excluding hydrogens is 394 g/mol. The van der Waals surface area contributed by atoms with Gasteiger partial charge in [-0.3, -0.25) is 0 Å². The molecule has 144 valence electrons. The monoisotopic (exact) mass is 412 g/mol. The van der Waals surface area contributed by atoms with E-state index in [1.54, 1.807) is 0 Å². The molecule has 0 aliphatic heterocycles. The van der Waals surface area contributed by atoms with Crippen LogP contribution >= 0.6 is 11.6 Å². The Bertz CT molecular complexity index is 1080. The number of hydrogen-bond donors (Lipinski definition) is 1. The quantitative estimate of drug-likeness (QED) is 0.660. The molecule has 1 N–H and O–H groups in total. The van der Waals surface area contributed by atoms with E-state index in [1.807, 2.05) is 19.0 Å². The summed E-state index contributed by atoms with van der Waals surface area (Å²) in [6.07, 6.45) is 0.460. The van der Waals surface area contributed by atoms with Crippen LogP contribution in [0, 0.1) is 11.6 Å². The van der Waals surface area contributed by atoms with Gasteiger partial charge in [0, 0.05) is 28.7 Å². The number of rotatable bonds is 6. The van der Waals surface area contributed by atoms with Gasteiger partial charge >= 0.3 is 0 Å². The molecule has 8 heteroatoms. The van der Waals surface area contributed by atoms with Gasteiger partial charge in [0.1, 0.15) is 11.6 Å². The second-order valence-electron chi connectivity index (χ2n) is 6.66. The van der Waals surface area contributed by atoms with Crippen LogP contribution in [0.5, 0.6) is 0 Å². The maximum atomic E-state index is 14.2. The van der Waals surface area contributed by atoms with Crippen molar-refractivity contribution in [3.8, 4) is 0 Å². The second-order valence-corrected chi connectivity index (χ2v) is 9.08. The highest BCUT2D eigenvalue weighted by atomic mass is 35.5. The summed E-state index contributed by atoms with van der Waals surface area (Å²) < 4.78 is 53.5. The molecule has 0 spiro atoms. The fourth-order valence-electron chi connectivity index (χ4n) is 2.99. The van der Waals surface area contributed by atoms with E-state index in [0.717, 1.165) is 6.07 Å². The molecule has 3 rings (SSSR count). The van der Waals surface area contributed by atoms with E-state index in [1.165, 1.54) is 30.3 Å². The second kappa shape index (κ2) is 7.58. The average Bonchev–Trinajstić information content (AvgIpc) is 2.90. The molecule has 0 saturated heterocycles. The summed E-state index contributed by atoms with van der Waals surface area (Å²) in [5.41, 5.74) is 1.09. The van der Waals surface area contributed by atoms with E-state index in [2.05, 4.69) is 4.98 Å². The molecule has 0 unspecified atom stereocenters. The Labute approximate surface area is 161 Å². The molecule has 0 atom stereocenters. The molecule has 0 aliphatic carbocycles. The zero-order valence-electron chi connectivity index (χ0n) is 14.9. The zero-order valence-corrected chi connectivity index (χ0v) is 16.5. The molecule has 0 bridgehead atoms. The minimum Gasteiger partial charge on any atom is -0.355 e. The molecule has 0 amide bonds. The number of aromatic amines is 1. The predicted molar refractivity (Wildman–Crippen MR) is 103 cm³/mol. The molecule has 0 radical (unpaired) electrons. The Kier molecular flexibility index (Phi) is 5.55. The fraction of sp³-hybridized carbons (Fsp3) is 0.263. The third kappa shape index (κ3) is 4.31. The number of benzene rings is 2. The van der Waals surface area contributed by atoms with Gasteiger partial charge < -0.3 is 9.88 Å². The van der Waals surface area contributed by atoms with Crippen molar-refractivity contribution in [2.24, 2.45) is 0 Å². The number of nitrogens with zero attached hydrogens (tertiary/aromatic N) is 1. The maximum absolute atomic E-state index is 14.2. The number of likely N-dealkylation sites (N-methyl/N-ethyl adjacent to an activating group) is 1. The van der Waals surface area contributed by atoms with Crippen molar-refractivity contribution < 1.29 is 17.2 Å². The van der Waals surface area contributed by atoms with Gasteiger partial charge in [-0.15, -0.1) is 0 Å². The van der Waals surface area contributed by atoms with Crippen molar-refractivity contribution in [1.82, 2.24) is 9.88 Å². The lowest BCUT2D eigenvalue weighted by Crippen LogP contribution is -2.16. The van der Waals surface area contributed by atoms with Crippen LogP contribution in [0.1, 0.15) is 11.3 Å². The molecular formula is C19H19ClF2N2O2S. The Morgan fingerprint density at radius 3 is 2.41 bits per heavy atom. The van der Waals surface area contributed by atoms with Crippen LogP contribution in [-0.2, 0) is 22.0 Å². The van der Waals surface area contributed by atoms with Crippen LogP contribution in [-0.4, -0.2) is 38.9 Å². The van der Waals surface area contributed by atoms with E-state index in [9.17, 15) is 17.2 Å². The lowest BCUT2D eigenvalue weighted by Gasteiger charge is -2.11. The van der Waals surface area contributed by atoms with Gasteiger partial charge in [-0.25, -0.2) is 17.2 Å². The van der Waals surface area contributed by atoms with Crippen molar-refractivity contribution >= 4 is 32.3 Å². The number of sulfone groups is 1. The van der Waals surface area contributed by atoms with Gasteiger partial charge in [0.2, 0.25) is 0 Å². The van der Waals surface area contributed by atoms with Gasteiger partial charge in [-0.2, -0.15) is 0 Å². The molecule has 0 saturated carbocycles. The first-order chi connectivity index (χ1) is 12.7. The first kappa shape index (κ1) is 19.8. The molecule has 27 heavy (non-hydrogen) atoms. The highest BCUT2D eigenvalue weighted by Gasteiger charge is 2.22. The van der Waals surface area contributed by atoms with Crippen LogP contribution in [0.2, 0.25) is 5.02 Å². The molecule has 4 nitrogen and oxygen atoms in total. The van der Waals surface area contributed by atoms with Gasteiger partial charge in [0.05, 0.1) is 16.2 Å². The highest BCUT2D eigenvalue weighted by molar-refractivity contribution is 7.90. The maximum Gasteiger partial charge on any atom is 0.183 e. The highest BCUT2D eigenvalue weighted by Crippen LogP contribution is 2.29. The molecule has 1 aromatic heterocycles. The normalized spacial score (nSPS) is 12.2. The van der Waals surface area contributed by atoms with Gasteiger partial charge in [-0.05, 0) is 56.4 Å². The fourth-order valence-corrected chi connectivity index (χ4v) is 4.46.